The van der Waals surface area contributed by atoms with Crippen LogP contribution in [0.25, 0.3) is 0 Å². The van der Waals surface area contributed by atoms with Crippen LogP contribution in [0.2, 0.25) is 0 Å². The van der Waals surface area contributed by atoms with Crippen LogP contribution in [0.15, 0.2) is 18.2 Å². The average molecular weight is 293 g/mol. The van der Waals surface area contributed by atoms with E-state index in [0.29, 0.717) is 6.54 Å². The summed E-state index contributed by atoms with van der Waals surface area (Å²) in [6.07, 6.45) is 4.19. The first-order chi connectivity index (χ1) is 10.1. The highest BCUT2D eigenvalue weighted by Gasteiger charge is 2.39. The number of aliphatic hydroxyl groups excluding tert-OH is 1. The maximum Gasteiger partial charge on any atom is 0.123 e. The number of hydrogen-bond acceptors (Lipinski definition) is 3. The van der Waals surface area contributed by atoms with E-state index in [4.69, 9.17) is 4.74 Å². The normalized spacial score (nSPS) is 23.6. The number of nitrogens with zero attached hydrogens (tertiary/aromatic N) is 1. The first kappa shape index (κ1) is 14.9. The van der Waals surface area contributed by atoms with Crippen molar-refractivity contribution in [3.63, 3.8) is 0 Å². The predicted molar refractivity (Wildman–Crippen MR) is 79.7 cm³/mol. The van der Waals surface area contributed by atoms with E-state index >= 15 is 0 Å². The molecule has 0 radical (unpaired) electrons. The van der Waals surface area contributed by atoms with Crippen LogP contribution in [-0.2, 0) is 4.74 Å². The molecule has 1 aromatic rings. The molecule has 1 atom stereocenters. The van der Waals surface area contributed by atoms with Crippen molar-refractivity contribution in [2.75, 3.05) is 26.2 Å². The Kier molecular flexibility index (Phi) is 4.29. The molecule has 1 spiro atoms. The van der Waals surface area contributed by atoms with Crippen LogP contribution in [-0.4, -0.2) is 41.8 Å². The fourth-order valence-electron chi connectivity index (χ4n) is 3.76. The zero-order valence-electron chi connectivity index (χ0n) is 12.6. The Labute approximate surface area is 125 Å². The summed E-state index contributed by atoms with van der Waals surface area (Å²) in [5.74, 6) is -0.250. The minimum absolute atomic E-state index is 0.0236. The lowest BCUT2D eigenvalue weighted by Gasteiger charge is -2.41. The molecule has 1 N–H and O–H groups in total. The average Bonchev–Trinajstić information content (AvgIpc) is 2.86. The van der Waals surface area contributed by atoms with Crippen LogP contribution >= 0.6 is 0 Å². The van der Waals surface area contributed by atoms with Crippen molar-refractivity contribution in [2.45, 2.75) is 44.3 Å². The van der Waals surface area contributed by atoms with Crippen molar-refractivity contribution in [3.05, 3.63) is 35.1 Å². The van der Waals surface area contributed by atoms with Crippen LogP contribution in [0.3, 0.4) is 0 Å². The Morgan fingerprint density at radius 1 is 1.38 bits per heavy atom. The van der Waals surface area contributed by atoms with Gasteiger partial charge in [0.1, 0.15) is 5.82 Å². The first-order valence-electron chi connectivity index (χ1n) is 7.88. The van der Waals surface area contributed by atoms with Crippen molar-refractivity contribution < 1.29 is 14.2 Å². The molecule has 1 heterocycles. The largest absolute Gasteiger partial charge is 0.387 e. The van der Waals surface area contributed by atoms with Gasteiger partial charge in [-0.25, -0.2) is 4.39 Å². The summed E-state index contributed by atoms with van der Waals surface area (Å²) in [5.41, 5.74) is 1.66. The zero-order valence-corrected chi connectivity index (χ0v) is 12.6. The first-order valence-corrected chi connectivity index (χ1v) is 7.88. The van der Waals surface area contributed by atoms with E-state index in [1.165, 1.54) is 25.0 Å². The Morgan fingerprint density at radius 2 is 2.14 bits per heavy atom. The number of aliphatic hydroxyl groups is 1. The van der Waals surface area contributed by atoms with Gasteiger partial charge in [-0.1, -0.05) is 18.9 Å². The highest BCUT2D eigenvalue weighted by molar-refractivity contribution is 5.28. The zero-order chi connectivity index (χ0) is 14.9. The molecule has 1 aliphatic carbocycles. The van der Waals surface area contributed by atoms with Gasteiger partial charge >= 0.3 is 0 Å². The summed E-state index contributed by atoms with van der Waals surface area (Å²) in [5, 5.41) is 10.5. The molecule has 1 saturated heterocycles. The van der Waals surface area contributed by atoms with Crippen molar-refractivity contribution in [2.24, 2.45) is 0 Å². The van der Waals surface area contributed by atoms with Gasteiger partial charge in [0.2, 0.25) is 0 Å². The lowest BCUT2D eigenvalue weighted by atomic mass is 9.98. The second-order valence-electron chi connectivity index (χ2n) is 6.49. The number of rotatable bonds is 3. The van der Waals surface area contributed by atoms with E-state index in [2.05, 4.69) is 4.90 Å². The SMILES string of the molecule is Cc1cc(F)ccc1C(O)CN1CCOC2(CCCC2)C1. The van der Waals surface area contributed by atoms with Gasteiger partial charge in [0, 0.05) is 19.6 Å². The van der Waals surface area contributed by atoms with Crippen molar-refractivity contribution in [1.29, 1.82) is 0 Å². The van der Waals surface area contributed by atoms with Gasteiger partial charge in [0.15, 0.2) is 0 Å². The second-order valence-corrected chi connectivity index (χ2v) is 6.49. The molecule has 1 aromatic carbocycles. The second kappa shape index (κ2) is 6.03. The Hall–Kier alpha value is -0.970. The Morgan fingerprint density at radius 3 is 2.86 bits per heavy atom. The van der Waals surface area contributed by atoms with E-state index < -0.39 is 6.10 Å². The number of benzene rings is 1. The number of β-amino-alcohol motifs (C(OH)–C–C–N with tert-alkyl or cyclic N) is 1. The number of morpholine rings is 1. The number of ether oxygens (including phenoxy) is 1. The van der Waals surface area contributed by atoms with Gasteiger partial charge in [-0.05, 0) is 43.0 Å². The number of hydrogen-bond donors (Lipinski definition) is 1. The minimum atomic E-state index is -0.567. The van der Waals surface area contributed by atoms with E-state index in [1.54, 1.807) is 6.07 Å². The highest BCUT2D eigenvalue weighted by atomic mass is 19.1. The van der Waals surface area contributed by atoms with E-state index in [-0.39, 0.29) is 11.4 Å². The molecule has 0 aromatic heterocycles. The maximum absolute atomic E-state index is 13.2. The number of aryl methyl sites for hydroxylation is 1. The van der Waals surface area contributed by atoms with Gasteiger partial charge in [-0.15, -0.1) is 0 Å². The third-order valence-electron chi connectivity index (χ3n) is 4.86. The quantitative estimate of drug-likeness (QED) is 0.930. The van der Waals surface area contributed by atoms with Crippen molar-refractivity contribution in [1.82, 2.24) is 4.90 Å². The molecule has 2 fully saturated rings. The highest BCUT2D eigenvalue weighted by Crippen LogP contribution is 2.36. The number of halogens is 1. The van der Waals surface area contributed by atoms with Gasteiger partial charge in [-0.3, -0.25) is 4.90 Å². The molecule has 0 amide bonds. The molecular weight excluding hydrogens is 269 g/mol. The topological polar surface area (TPSA) is 32.7 Å². The summed E-state index contributed by atoms with van der Waals surface area (Å²) in [6, 6.07) is 4.60. The Bertz CT molecular complexity index is 500. The molecule has 2 aliphatic rings. The lowest BCUT2D eigenvalue weighted by Crippen LogP contribution is -2.51. The van der Waals surface area contributed by atoms with Crippen LogP contribution < -0.4 is 0 Å². The molecule has 4 heteroatoms. The molecular formula is C17H24FNO2. The minimum Gasteiger partial charge on any atom is -0.387 e. The lowest BCUT2D eigenvalue weighted by molar-refractivity contribution is -0.111. The summed E-state index contributed by atoms with van der Waals surface area (Å²) < 4.78 is 19.2. The fraction of sp³-hybridized carbons (Fsp3) is 0.647. The molecule has 1 unspecified atom stereocenters. The van der Waals surface area contributed by atoms with E-state index in [1.807, 2.05) is 6.92 Å². The van der Waals surface area contributed by atoms with Crippen LogP contribution in [0.4, 0.5) is 4.39 Å². The van der Waals surface area contributed by atoms with Gasteiger partial charge in [0.05, 0.1) is 18.3 Å². The fourth-order valence-corrected chi connectivity index (χ4v) is 3.76. The predicted octanol–water partition coefficient (Wildman–Crippen LogP) is 2.81. The standard InChI is InChI=1S/C17H24FNO2/c1-13-10-14(18)4-5-15(13)16(20)11-19-8-9-21-17(12-19)6-2-3-7-17/h4-5,10,16,20H,2-3,6-9,11-12H2,1H3. The summed E-state index contributed by atoms with van der Waals surface area (Å²) in [7, 11) is 0. The Balaban J connectivity index is 1.65. The molecule has 21 heavy (non-hydrogen) atoms. The van der Waals surface area contributed by atoms with Crippen LogP contribution in [0, 0.1) is 12.7 Å². The maximum atomic E-state index is 13.2. The van der Waals surface area contributed by atoms with E-state index in [0.717, 1.165) is 43.7 Å². The van der Waals surface area contributed by atoms with Crippen LogP contribution in [0.1, 0.15) is 42.9 Å². The molecule has 3 rings (SSSR count). The van der Waals surface area contributed by atoms with Crippen molar-refractivity contribution in [3.8, 4) is 0 Å². The van der Waals surface area contributed by atoms with Gasteiger partial charge in [-0.2, -0.15) is 0 Å². The molecule has 1 saturated carbocycles. The molecule has 0 bridgehead atoms. The summed E-state index contributed by atoms with van der Waals surface area (Å²) >= 11 is 0. The smallest absolute Gasteiger partial charge is 0.123 e. The molecule has 116 valence electrons. The van der Waals surface area contributed by atoms with Crippen LogP contribution in [0.5, 0.6) is 0 Å². The van der Waals surface area contributed by atoms with E-state index in [9.17, 15) is 9.50 Å². The molecule has 1 aliphatic heterocycles. The monoisotopic (exact) mass is 293 g/mol. The third-order valence-corrected chi connectivity index (χ3v) is 4.86. The van der Waals surface area contributed by atoms with Gasteiger partial charge < -0.3 is 9.84 Å². The van der Waals surface area contributed by atoms with Gasteiger partial charge in [0.25, 0.3) is 0 Å². The third kappa shape index (κ3) is 3.28. The van der Waals surface area contributed by atoms with Crippen molar-refractivity contribution >= 4 is 0 Å². The molecule has 3 nitrogen and oxygen atoms in total. The summed E-state index contributed by atoms with van der Waals surface area (Å²) in [6.45, 7) is 4.95. The summed E-state index contributed by atoms with van der Waals surface area (Å²) in [4.78, 5) is 2.29.